The summed E-state index contributed by atoms with van der Waals surface area (Å²) in [6.45, 7) is 5.38. The third kappa shape index (κ3) is 3.73. The van der Waals surface area contributed by atoms with Crippen molar-refractivity contribution in [3.63, 3.8) is 0 Å². The summed E-state index contributed by atoms with van der Waals surface area (Å²) in [7, 11) is 1.74. The van der Waals surface area contributed by atoms with E-state index in [4.69, 9.17) is 4.74 Å². The molecule has 1 saturated carbocycles. The van der Waals surface area contributed by atoms with Gasteiger partial charge >= 0.3 is 0 Å². The fourth-order valence-electron chi connectivity index (χ4n) is 2.88. The molecule has 1 fully saturated rings. The number of methoxy groups -OCH3 is 1. The quantitative estimate of drug-likeness (QED) is 0.855. The average Bonchev–Trinajstić information content (AvgIpc) is 2.38. The number of hydrogen-bond donors (Lipinski definition) is 1. The van der Waals surface area contributed by atoms with Gasteiger partial charge in [0.1, 0.15) is 0 Å². The van der Waals surface area contributed by atoms with Gasteiger partial charge in [0.25, 0.3) is 0 Å². The first-order valence-corrected chi connectivity index (χ1v) is 7.94. The zero-order valence-corrected chi connectivity index (χ0v) is 13.7. The lowest BCUT2D eigenvalue weighted by atomic mass is 9.79. The molecule has 0 radical (unpaired) electrons. The lowest BCUT2D eigenvalue weighted by Gasteiger charge is -2.33. The molecular weight excluding hydrogens is 302 g/mol. The van der Waals surface area contributed by atoms with Gasteiger partial charge in [-0.3, -0.25) is 0 Å². The Hall–Kier alpha value is -0.540. The molecule has 2 nitrogen and oxygen atoms in total. The number of halogens is 1. The highest BCUT2D eigenvalue weighted by Crippen LogP contribution is 2.33. The normalized spacial score (nSPS) is 27.3. The van der Waals surface area contributed by atoms with Gasteiger partial charge in [-0.05, 0) is 43.2 Å². The Morgan fingerprint density at radius 2 is 2.05 bits per heavy atom. The number of nitrogens with one attached hydrogen (secondary N) is 1. The number of benzene rings is 1. The molecule has 3 heteroatoms. The highest BCUT2D eigenvalue weighted by Gasteiger charge is 2.24. The predicted molar refractivity (Wildman–Crippen MR) is 84.4 cm³/mol. The third-order valence-corrected chi connectivity index (χ3v) is 5.11. The Labute approximate surface area is 125 Å². The van der Waals surface area contributed by atoms with Gasteiger partial charge in [0, 0.05) is 28.9 Å². The summed E-state index contributed by atoms with van der Waals surface area (Å²) in [5, 5.41) is 3.72. The van der Waals surface area contributed by atoms with Crippen molar-refractivity contribution >= 4 is 21.6 Å². The molecule has 0 saturated heterocycles. The summed E-state index contributed by atoms with van der Waals surface area (Å²) in [6.07, 6.45) is 3.86. The molecule has 0 aromatic heterocycles. The fraction of sp³-hybridized carbons (Fsp3) is 0.625. The lowest BCUT2D eigenvalue weighted by molar-refractivity contribution is 0.184. The molecule has 3 unspecified atom stereocenters. The predicted octanol–water partition coefficient (Wildman–Crippen LogP) is 4.83. The molecule has 2 rings (SSSR count). The van der Waals surface area contributed by atoms with Crippen molar-refractivity contribution < 1.29 is 4.74 Å². The topological polar surface area (TPSA) is 21.3 Å². The van der Waals surface area contributed by atoms with Crippen molar-refractivity contribution in [3.05, 3.63) is 28.2 Å². The molecule has 1 aliphatic carbocycles. The van der Waals surface area contributed by atoms with E-state index in [0.717, 1.165) is 16.3 Å². The Bertz CT molecular complexity index is 421. The Morgan fingerprint density at radius 1 is 1.26 bits per heavy atom. The van der Waals surface area contributed by atoms with Crippen LogP contribution in [0.25, 0.3) is 0 Å². The van der Waals surface area contributed by atoms with E-state index in [-0.39, 0.29) is 0 Å². The Morgan fingerprint density at radius 3 is 2.74 bits per heavy atom. The number of anilines is 1. The van der Waals surface area contributed by atoms with Crippen LogP contribution in [0, 0.1) is 11.8 Å². The van der Waals surface area contributed by atoms with Crippen molar-refractivity contribution in [1.29, 1.82) is 0 Å². The molecule has 19 heavy (non-hydrogen) atoms. The number of ether oxygens (including phenoxy) is 1. The summed E-state index contributed by atoms with van der Waals surface area (Å²) in [4.78, 5) is 0. The molecular formula is C16H24BrNO. The molecule has 0 aliphatic heterocycles. The second kappa shape index (κ2) is 6.76. The maximum atomic E-state index is 5.31. The van der Waals surface area contributed by atoms with Gasteiger partial charge in [0.05, 0.1) is 6.61 Å². The van der Waals surface area contributed by atoms with E-state index in [2.05, 4.69) is 53.3 Å². The van der Waals surface area contributed by atoms with E-state index in [0.29, 0.717) is 12.6 Å². The standard InChI is InChI=1S/C16H24BrNO/c1-11-7-8-13(9-12(11)2)18-16-6-4-5-15(17)14(16)10-19-3/h4-6,11-13,18H,7-10H2,1-3H3. The smallest absolute Gasteiger partial charge is 0.0744 e. The van der Waals surface area contributed by atoms with Gasteiger partial charge < -0.3 is 10.1 Å². The van der Waals surface area contributed by atoms with Crippen molar-refractivity contribution in [1.82, 2.24) is 0 Å². The maximum Gasteiger partial charge on any atom is 0.0744 e. The minimum atomic E-state index is 0.594. The Kier molecular flexibility index (Phi) is 5.28. The van der Waals surface area contributed by atoms with E-state index < -0.39 is 0 Å². The van der Waals surface area contributed by atoms with Crippen LogP contribution < -0.4 is 5.32 Å². The molecule has 1 N–H and O–H groups in total. The number of rotatable bonds is 4. The SMILES string of the molecule is COCc1c(Br)cccc1NC1CCC(C)C(C)C1. The summed E-state index contributed by atoms with van der Waals surface area (Å²) in [6, 6.07) is 6.91. The van der Waals surface area contributed by atoms with Gasteiger partial charge in [0.2, 0.25) is 0 Å². The van der Waals surface area contributed by atoms with Gasteiger partial charge in [-0.1, -0.05) is 35.8 Å². The summed E-state index contributed by atoms with van der Waals surface area (Å²) in [5.74, 6) is 1.67. The van der Waals surface area contributed by atoms with Crippen LogP contribution in [0.4, 0.5) is 5.69 Å². The lowest BCUT2D eigenvalue weighted by Crippen LogP contribution is -2.30. The Balaban J connectivity index is 2.08. The van der Waals surface area contributed by atoms with Crippen LogP contribution in [0.3, 0.4) is 0 Å². The average molecular weight is 326 g/mol. The van der Waals surface area contributed by atoms with Crippen LogP contribution in [-0.4, -0.2) is 13.2 Å². The maximum absolute atomic E-state index is 5.31. The third-order valence-electron chi connectivity index (χ3n) is 4.37. The summed E-state index contributed by atoms with van der Waals surface area (Å²) >= 11 is 3.61. The van der Waals surface area contributed by atoms with Crippen LogP contribution in [-0.2, 0) is 11.3 Å². The van der Waals surface area contributed by atoms with E-state index >= 15 is 0 Å². The van der Waals surface area contributed by atoms with Crippen LogP contribution >= 0.6 is 15.9 Å². The zero-order chi connectivity index (χ0) is 13.8. The first-order valence-electron chi connectivity index (χ1n) is 7.14. The van der Waals surface area contributed by atoms with Gasteiger partial charge in [0.15, 0.2) is 0 Å². The molecule has 3 atom stereocenters. The van der Waals surface area contributed by atoms with E-state index in [1.807, 2.05) is 0 Å². The first kappa shape index (κ1) is 14.9. The molecule has 0 heterocycles. The molecule has 1 aromatic carbocycles. The van der Waals surface area contributed by atoms with E-state index in [9.17, 15) is 0 Å². The van der Waals surface area contributed by atoms with Gasteiger partial charge in [-0.2, -0.15) is 0 Å². The van der Waals surface area contributed by atoms with Crippen molar-refractivity contribution in [2.45, 2.75) is 45.8 Å². The molecule has 1 aromatic rings. The molecule has 1 aliphatic rings. The monoisotopic (exact) mass is 325 g/mol. The van der Waals surface area contributed by atoms with Crippen LogP contribution in [0.1, 0.15) is 38.7 Å². The summed E-state index contributed by atoms with van der Waals surface area (Å²) in [5.41, 5.74) is 2.43. The largest absolute Gasteiger partial charge is 0.382 e. The second-order valence-electron chi connectivity index (χ2n) is 5.81. The summed E-state index contributed by atoms with van der Waals surface area (Å²) < 4.78 is 6.43. The molecule has 0 spiro atoms. The van der Waals surface area contributed by atoms with Gasteiger partial charge in [-0.25, -0.2) is 0 Å². The fourth-order valence-corrected chi connectivity index (χ4v) is 3.36. The minimum absolute atomic E-state index is 0.594. The highest BCUT2D eigenvalue weighted by molar-refractivity contribution is 9.10. The highest BCUT2D eigenvalue weighted by atomic mass is 79.9. The minimum Gasteiger partial charge on any atom is -0.382 e. The molecule has 106 valence electrons. The van der Waals surface area contributed by atoms with Crippen LogP contribution in [0.5, 0.6) is 0 Å². The molecule has 0 bridgehead atoms. The van der Waals surface area contributed by atoms with Crippen molar-refractivity contribution in [3.8, 4) is 0 Å². The molecule has 0 amide bonds. The number of hydrogen-bond acceptors (Lipinski definition) is 2. The van der Waals surface area contributed by atoms with E-state index in [1.54, 1.807) is 7.11 Å². The zero-order valence-electron chi connectivity index (χ0n) is 12.1. The van der Waals surface area contributed by atoms with Crippen molar-refractivity contribution in [2.24, 2.45) is 11.8 Å². The van der Waals surface area contributed by atoms with Gasteiger partial charge in [-0.15, -0.1) is 0 Å². The van der Waals surface area contributed by atoms with Crippen LogP contribution in [0.2, 0.25) is 0 Å². The second-order valence-corrected chi connectivity index (χ2v) is 6.66. The van der Waals surface area contributed by atoms with Crippen molar-refractivity contribution in [2.75, 3.05) is 12.4 Å². The van der Waals surface area contributed by atoms with E-state index in [1.165, 1.54) is 30.5 Å². The van der Waals surface area contributed by atoms with Crippen LogP contribution in [0.15, 0.2) is 22.7 Å². The first-order chi connectivity index (χ1) is 9.11.